The molecule has 1 fully saturated rings. The zero-order chi connectivity index (χ0) is 24.8. The summed E-state index contributed by atoms with van der Waals surface area (Å²) in [4.78, 5) is 15.3. The van der Waals surface area contributed by atoms with Crippen LogP contribution in [-0.4, -0.2) is 54.3 Å². The third kappa shape index (κ3) is 4.18. The van der Waals surface area contributed by atoms with Crippen LogP contribution in [0.5, 0.6) is 0 Å². The first kappa shape index (κ1) is 24.2. The Kier molecular flexibility index (Phi) is 6.44. The van der Waals surface area contributed by atoms with Gasteiger partial charge in [0.2, 0.25) is 10.0 Å². The number of amides is 1. The third-order valence-corrected chi connectivity index (χ3v) is 9.24. The summed E-state index contributed by atoms with van der Waals surface area (Å²) in [6.07, 6.45) is 0. The summed E-state index contributed by atoms with van der Waals surface area (Å²) in [6.45, 7) is 13.1. The van der Waals surface area contributed by atoms with Gasteiger partial charge in [-0.05, 0) is 100 Å². The van der Waals surface area contributed by atoms with E-state index in [9.17, 15) is 13.2 Å². The lowest BCUT2D eigenvalue weighted by atomic mass is 10.0. The Balaban J connectivity index is 1.48. The highest BCUT2D eigenvalue weighted by Gasteiger charge is 2.33. The van der Waals surface area contributed by atoms with Crippen molar-refractivity contribution in [2.75, 3.05) is 26.2 Å². The highest BCUT2D eigenvalue weighted by Crippen LogP contribution is 2.29. The topological polar surface area (TPSA) is 62.6 Å². The van der Waals surface area contributed by atoms with E-state index in [2.05, 4.69) is 30.5 Å². The Morgan fingerprint density at radius 1 is 0.735 bits per heavy atom. The van der Waals surface area contributed by atoms with Crippen LogP contribution in [0.15, 0.2) is 47.4 Å². The van der Waals surface area contributed by atoms with Gasteiger partial charge in [-0.15, -0.1) is 0 Å². The van der Waals surface area contributed by atoms with E-state index >= 15 is 0 Å². The van der Waals surface area contributed by atoms with Crippen LogP contribution in [0.4, 0.5) is 0 Å². The first-order valence-corrected chi connectivity index (χ1v) is 13.1. The monoisotopic (exact) mass is 479 g/mol. The predicted molar refractivity (Wildman–Crippen MR) is 135 cm³/mol. The van der Waals surface area contributed by atoms with Gasteiger partial charge in [0.1, 0.15) is 0 Å². The summed E-state index contributed by atoms with van der Waals surface area (Å²) in [6, 6.07) is 13.8. The van der Waals surface area contributed by atoms with Crippen LogP contribution in [-0.2, 0) is 10.0 Å². The summed E-state index contributed by atoms with van der Waals surface area (Å²) in [7, 11) is -3.63. The number of aromatic nitrogens is 1. The second-order valence-electron chi connectivity index (χ2n) is 9.28. The molecule has 3 aromatic rings. The standard InChI is InChI=1S/C27H33N3O3S/c1-18-17-19(2)23(6)26(22(18)5)34(32,33)29-15-13-28(14-16-29)27(31)24-9-11-25(12-10-24)30-20(3)7-8-21(30)4/h7-12,17H,13-16H2,1-6H3. The number of benzene rings is 2. The Hall–Kier alpha value is -2.90. The van der Waals surface area contributed by atoms with E-state index in [1.54, 1.807) is 4.90 Å². The molecule has 34 heavy (non-hydrogen) atoms. The number of aryl methyl sites for hydroxylation is 4. The molecule has 0 saturated carbocycles. The van der Waals surface area contributed by atoms with Gasteiger partial charge in [0, 0.05) is 48.8 Å². The first-order valence-electron chi connectivity index (χ1n) is 11.6. The van der Waals surface area contributed by atoms with Gasteiger partial charge in [-0.25, -0.2) is 8.42 Å². The molecular weight excluding hydrogens is 446 g/mol. The molecule has 1 aliphatic heterocycles. The van der Waals surface area contributed by atoms with Gasteiger partial charge in [0.25, 0.3) is 5.91 Å². The van der Waals surface area contributed by atoms with Crippen molar-refractivity contribution in [2.45, 2.75) is 46.4 Å². The lowest BCUT2D eigenvalue weighted by molar-refractivity contribution is 0.0698. The molecule has 4 rings (SSSR count). The fourth-order valence-corrected chi connectivity index (χ4v) is 6.84. The van der Waals surface area contributed by atoms with Gasteiger partial charge < -0.3 is 9.47 Å². The zero-order valence-electron chi connectivity index (χ0n) is 20.8. The minimum Gasteiger partial charge on any atom is -0.336 e. The maximum atomic E-state index is 13.5. The maximum absolute atomic E-state index is 13.5. The van der Waals surface area contributed by atoms with E-state index < -0.39 is 10.0 Å². The highest BCUT2D eigenvalue weighted by atomic mass is 32.2. The van der Waals surface area contributed by atoms with Crippen molar-refractivity contribution in [2.24, 2.45) is 0 Å². The van der Waals surface area contributed by atoms with Crippen molar-refractivity contribution in [3.05, 3.63) is 81.7 Å². The molecule has 0 radical (unpaired) electrons. The second kappa shape index (κ2) is 9.04. The van der Waals surface area contributed by atoms with Crippen LogP contribution in [0, 0.1) is 41.5 Å². The molecule has 0 atom stereocenters. The molecule has 6 nitrogen and oxygen atoms in total. The lowest BCUT2D eigenvalue weighted by Gasteiger charge is -2.35. The maximum Gasteiger partial charge on any atom is 0.253 e. The largest absolute Gasteiger partial charge is 0.336 e. The van der Waals surface area contributed by atoms with Gasteiger partial charge in [0.15, 0.2) is 0 Å². The molecule has 0 unspecified atom stereocenters. The van der Waals surface area contributed by atoms with Gasteiger partial charge in [-0.1, -0.05) is 6.07 Å². The van der Waals surface area contributed by atoms with Crippen LogP contribution in [0.25, 0.3) is 5.69 Å². The molecule has 7 heteroatoms. The van der Waals surface area contributed by atoms with Crippen molar-refractivity contribution >= 4 is 15.9 Å². The van der Waals surface area contributed by atoms with Gasteiger partial charge in [-0.3, -0.25) is 4.79 Å². The minimum absolute atomic E-state index is 0.0664. The average Bonchev–Trinajstić information content (AvgIpc) is 3.15. The Bertz CT molecular complexity index is 1300. The van der Waals surface area contributed by atoms with Crippen molar-refractivity contribution in [3.63, 3.8) is 0 Å². The number of piperazine rings is 1. The summed E-state index contributed by atoms with van der Waals surface area (Å²) in [5.41, 5.74) is 7.47. The average molecular weight is 480 g/mol. The van der Waals surface area contributed by atoms with E-state index in [1.165, 1.54) is 4.31 Å². The first-order chi connectivity index (χ1) is 16.0. The van der Waals surface area contributed by atoms with E-state index in [0.717, 1.165) is 39.3 Å². The SMILES string of the molecule is Cc1cc(C)c(C)c(S(=O)(=O)N2CCN(C(=O)c3ccc(-n4c(C)ccc4C)cc3)CC2)c1C. The van der Waals surface area contributed by atoms with Crippen molar-refractivity contribution in [1.82, 2.24) is 13.8 Å². The Labute approximate surface area is 202 Å². The smallest absolute Gasteiger partial charge is 0.253 e. The fraction of sp³-hybridized carbons (Fsp3) is 0.370. The fourth-order valence-electron chi connectivity index (χ4n) is 4.84. The number of hydrogen-bond acceptors (Lipinski definition) is 3. The molecule has 1 saturated heterocycles. The molecule has 0 spiro atoms. The highest BCUT2D eigenvalue weighted by molar-refractivity contribution is 7.89. The van der Waals surface area contributed by atoms with Crippen LogP contribution in [0.3, 0.4) is 0 Å². The van der Waals surface area contributed by atoms with Crippen LogP contribution >= 0.6 is 0 Å². The predicted octanol–water partition coefficient (Wildman–Crippen LogP) is 4.47. The molecule has 1 amide bonds. The van der Waals surface area contributed by atoms with Crippen LogP contribution in [0.1, 0.15) is 44.0 Å². The van der Waals surface area contributed by atoms with Crippen molar-refractivity contribution in [3.8, 4) is 5.69 Å². The van der Waals surface area contributed by atoms with Crippen LogP contribution in [0.2, 0.25) is 0 Å². The molecule has 1 aliphatic rings. The number of sulfonamides is 1. The minimum atomic E-state index is -3.63. The van der Waals surface area contributed by atoms with Crippen LogP contribution < -0.4 is 0 Å². The van der Waals surface area contributed by atoms with Crippen molar-refractivity contribution < 1.29 is 13.2 Å². The molecule has 0 bridgehead atoms. The van der Waals surface area contributed by atoms with E-state index in [0.29, 0.717) is 36.6 Å². The number of carbonyl (C=O) groups excluding carboxylic acids is 1. The summed E-state index contributed by atoms with van der Waals surface area (Å²) >= 11 is 0. The van der Waals surface area contributed by atoms with E-state index in [4.69, 9.17) is 0 Å². The molecule has 0 N–H and O–H groups in total. The molecule has 180 valence electrons. The lowest BCUT2D eigenvalue weighted by Crippen LogP contribution is -2.50. The number of rotatable bonds is 4. The summed E-state index contributed by atoms with van der Waals surface area (Å²) < 4.78 is 30.7. The van der Waals surface area contributed by atoms with E-state index in [-0.39, 0.29) is 5.91 Å². The molecule has 1 aromatic heterocycles. The summed E-state index contributed by atoms with van der Waals surface area (Å²) in [5, 5.41) is 0. The van der Waals surface area contributed by atoms with Gasteiger partial charge in [-0.2, -0.15) is 4.31 Å². The van der Waals surface area contributed by atoms with E-state index in [1.807, 2.05) is 58.0 Å². The molecular formula is C27H33N3O3S. The normalized spacial score (nSPS) is 15.1. The molecule has 2 aromatic carbocycles. The number of carbonyl (C=O) groups is 1. The zero-order valence-corrected chi connectivity index (χ0v) is 21.7. The second-order valence-corrected chi connectivity index (χ2v) is 11.2. The summed E-state index contributed by atoms with van der Waals surface area (Å²) in [5.74, 6) is -0.0664. The third-order valence-electron chi connectivity index (χ3n) is 7.06. The number of hydrogen-bond donors (Lipinski definition) is 0. The Morgan fingerprint density at radius 2 is 1.24 bits per heavy atom. The quantitative estimate of drug-likeness (QED) is 0.555. The molecule has 0 aliphatic carbocycles. The van der Waals surface area contributed by atoms with Gasteiger partial charge >= 0.3 is 0 Å². The number of nitrogens with zero attached hydrogens (tertiary/aromatic N) is 3. The Morgan fingerprint density at radius 3 is 1.74 bits per heavy atom. The van der Waals surface area contributed by atoms with Crippen molar-refractivity contribution in [1.29, 1.82) is 0 Å². The molecule has 2 heterocycles. The van der Waals surface area contributed by atoms with Gasteiger partial charge in [0.05, 0.1) is 4.90 Å².